The van der Waals surface area contributed by atoms with Crippen LogP contribution >= 0.6 is 0 Å². The molecule has 3 amide bonds. The van der Waals surface area contributed by atoms with Crippen LogP contribution in [-0.4, -0.2) is 67.3 Å². The number of aliphatic carboxylic acids is 1. The number of urea groups is 1. The van der Waals surface area contributed by atoms with Gasteiger partial charge in [0.05, 0.1) is 6.54 Å². The highest BCUT2D eigenvalue weighted by Gasteiger charge is 2.33. The molecule has 1 aliphatic heterocycles. The van der Waals surface area contributed by atoms with E-state index in [4.69, 9.17) is 9.84 Å². The Balaban J connectivity index is 2.53. The zero-order valence-corrected chi connectivity index (χ0v) is 11.0. The van der Waals surface area contributed by atoms with Crippen LogP contribution in [0.5, 0.6) is 0 Å². The third kappa shape index (κ3) is 3.82. The van der Waals surface area contributed by atoms with Crippen LogP contribution in [0.3, 0.4) is 0 Å². The van der Waals surface area contributed by atoms with Gasteiger partial charge in [-0.25, -0.2) is 9.59 Å². The van der Waals surface area contributed by atoms with Gasteiger partial charge in [-0.3, -0.25) is 4.79 Å². The highest BCUT2D eigenvalue weighted by atomic mass is 16.5. The number of carboxylic acids is 1. The second kappa shape index (κ2) is 6.93. The van der Waals surface area contributed by atoms with Gasteiger partial charge in [0, 0.05) is 20.7 Å². The maximum Gasteiger partial charge on any atom is 0.334 e. The topological polar surface area (TPSA) is 108 Å². The number of ether oxygens (including phenoxy) is 1. The molecule has 0 aromatic carbocycles. The lowest BCUT2D eigenvalue weighted by Crippen LogP contribution is -2.50. The van der Waals surface area contributed by atoms with Gasteiger partial charge in [0.25, 0.3) is 0 Å². The van der Waals surface area contributed by atoms with E-state index in [1.165, 1.54) is 19.1 Å². The monoisotopic (exact) mass is 273 g/mol. The fraction of sp³-hybridized carbons (Fsp3) is 0.727. The predicted octanol–water partition coefficient (Wildman–Crippen LogP) is -0.994. The van der Waals surface area contributed by atoms with Crippen LogP contribution in [0.15, 0.2) is 0 Å². The highest BCUT2D eigenvalue weighted by Crippen LogP contribution is 2.17. The number of nitrogens with one attached hydrogen (secondary N) is 2. The van der Waals surface area contributed by atoms with Crippen molar-refractivity contribution in [3.8, 4) is 0 Å². The third-order valence-corrected chi connectivity index (χ3v) is 3.06. The summed E-state index contributed by atoms with van der Waals surface area (Å²) in [5.41, 5.74) is 0. The van der Waals surface area contributed by atoms with Crippen LogP contribution in [0.25, 0.3) is 0 Å². The van der Waals surface area contributed by atoms with E-state index in [1.807, 2.05) is 0 Å². The van der Waals surface area contributed by atoms with Gasteiger partial charge < -0.3 is 25.4 Å². The molecule has 0 saturated carbocycles. The minimum Gasteiger partial charge on any atom is -0.479 e. The minimum absolute atomic E-state index is 0.137. The van der Waals surface area contributed by atoms with Crippen LogP contribution in [0.4, 0.5) is 4.79 Å². The molecule has 0 spiro atoms. The number of carbonyl (C=O) groups is 3. The summed E-state index contributed by atoms with van der Waals surface area (Å²) in [4.78, 5) is 35.6. The molecule has 1 aliphatic rings. The number of likely N-dealkylation sites (N-methyl/N-ethyl adjacent to an activating group) is 1. The fourth-order valence-corrected chi connectivity index (χ4v) is 2.00. The summed E-state index contributed by atoms with van der Waals surface area (Å²) >= 11 is 0. The third-order valence-electron chi connectivity index (χ3n) is 3.06. The van der Waals surface area contributed by atoms with Crippen molar-refractivity contribution >= 4 is 17.9 Å². The number of amides is 3. The first-order valence-corrected chi connectivity index (χ1v) is 6.03. The van der Waals surface area contributed by atoms with Crippen LogP contribution in [-0.2, 0) is 14.3 Å². The molecule has 108 valence electrons. The van der Waals surface area contributed by atoms with E-state index in [2.05, 4.69) is 10.6 Å². The van der Waals surface area contributed by atoms with Gasteiger partial charge in [-0.15, -0.1) is 0 Å². The van der Waals surface area contributed by atoms with E-state index in [1.54, 1.807) is 0 Å². The van der Waals surface area contributed by atoms with Crippen LogP contribution < -0.4 is 10.6 Å². The fourth-order valence-electron chi connectivity index (χ4n) is 2.00. The number of methoxy groups -OCH3 is 1. The quantitative estimate of drug-likeness (QED) is 0.596. The largest absolute Gasteiger partial charge is 0.479 e. The summed E-state index contributed by atoms with van der Waals surface area (Å²) in [6.07, 6.45) is 0.266. The molecule has 19 heavy (non-hydrogen) atoms. The molecular weight excluding hydrogens is 254 g/mol. The molecule has 1 fully saturated rings. The lowest BCUT2D eigenvalue weighted by molar-refractivity contribution is -0.148. The number of hydrogen-bond donors (Lipinski definition) is 3. The molecule has 0 bridgehead atoms. The van der Waals surface area contributed by atoms with Crippen molar-refractivity contribution in [1.82, 2.24) is 15.5 Å². The SMILES string of the molecule is CNC(=O)C1CCCN1C(=O)NCC(OC)C(=O)O. The van der Waals surface area contributed by atoms with Gasteiger partial charge in [0.2, 0.25) is 5.91 Å². The minimum atomic E-state index is -1.15. The zero-order valence-electron chi connectivity index (χ0n) is 11.0. The lowest BCUT2D eigenvalue weighted by atomic mass is 10.2. The summed E-state index contributed by atoms with van der Waals surface area (Å²) in [6, 6.07) is -0.940. The molecule has 1 rings (SSSR count). The van der Waals surface area contributed by atoms with Crippen molar-refractivity contribution in [2.75, 3.05) is 27.2 Å². The molecule has 2 unspecified atom stereocenters. The normalized spacial score (nSPS) is 19.9. The Morgan fingerprint density at radius 3 is 2.68 bits per heavy atom. The Bertz CT molecular complexity index is 360. The van der Waals surface area contributed by atoms with Gasteiger partial charge in [-0.05, 0) is 12.8 Å². The molecule has 0 radical (unpaired) electrons. The van der Waals surface area contributed by atoms with Crippen molar-refractivity contribution in [1.29, 1.82) is 0 Å². The van der Waals surface area contributed by atoms with E-state index in [-0.39, 0.29) is 12.5 Å². The van der Waals surface area contributed by atoms with Crippen molar-refractivity contribution in [2.24, 2.45) is 0 Å². The molecule has 0 aromatic rings. The highest BCUT2D eigenvalue weighted by molar-refractivity contribution is 5.87. The molecule has 3 N–H and O–H groups in total. The number of rotatable bonds is 5. The van der Waals surface area contributed by atoms with Crippen molar-refractivity contribution in [3.05, 3.63) is 0 Å². The Morgan fingerprint density at radius 1 is 1.47 bits per heavy atom. The number of likely N-dealkylation sites (tertiary alicyclic amines) is 1. The lowest BCUT2D eigenvalue weighted by Gasteiger charge is -2.24. The standard InChI is InChI=1S/C11H19N3O5/c1-12-9(15)7-4-3-5-14(7)11(18)13-6-8(19-2)10(16)17/h7-8H,3-6H2,1-2H3,(H,12,15)(H,13,18)(H,16,17). The zero-order chi connectivity index (χ0) is 14.4. The Morgan fingerprint density at radius 2 is 2.16 bits per heavy atom. The first-order valence-electron chi connectivity index (χ1n) is 6.03. The van der Waals surface area contributed by atoms with E-state index in [9.17, 15) is 14.4 Å². The summed E-state index contributed by atoms with van der Waals surface area (Å²) in [5, 5.41) is 13.7. The van der Waals surface area contributed by atoms with Crippen LogP contribution in [0.2, 0.25) is 0 Å². The average molecular weight is 273 g/mol. The molecular formula is C11H19N3O5. The second-order valence-electron chi connectivity index (χ2n) is 4.21. The molecule has 2 atom stereocenters. The van der Waals surface area contributed by atoms with Crippen LogP contribution in [0, 0.1) is 0 Å². The van der Waals surface area contributed by atoms with Gasteiger partial charge in [0.1, 0.15) is 6.04 Å². The number of carbonyl (C=O) groups excluding carboxylic acids is 2. The average Bonchev–Trinajstić information content (AvgIpc) is 2.87. The van der Waals surface area contributed by atoms with Crippen LogP contribution in [0.1, 0.15) is 12.8 Å². The van der Waals surface area contributed by atoms with E-state index >= 15 is 0 Å². The van der Waals surface area contributed by atoms with Gasteiger partial charge in [-0.1, -0.05) is 0 Å². The number of nitrogens with zero attached hydrogens (tertiary/aromatic N) is 1. The first kappa shape index (κ1) is 15.2. The Labute approximate surface area is 111 Å². The van der Waals surface area contributed by atoms with E-state index < -0.39 is 24.1 Å². The maximum absolute atomic E-state index is 11.9. The van der Waals surface area contributed by atoms with Crippen molar-refractivity contribution in [2.45, 2.75) is 25.0 Å². The van der Waals surface area contributed by atoms with E-state index in [0.717, 1.165) is 6.42 Å². The number of carboxylic acid groups (broad SMARTS) is 1. The molecule has 1 saturated heterocycles. The summed E-state index contributed by atoms with van der Waals surface area (Å²) in [5.74, 6) is -1.36. The molecule has 0 aliphatic carbocycles. The number of hydrogen-bond acceptors (Lipinski definition) is 4. The van der Waals surface area contributed by atoms with Gasteiger partial charge in [0.15, 0.2) is 6.10 Å². The Hall–Kier alpha value is -1.83. The van der Waals surface area contributed by atoms with E-state index in [0.29, 0.717) is 13.0 Å². The summed E-state index contributed by atoms with van der Waals surface area (Å²) < 4.78 is 4.71. The molecule has 0 aromatic heterocycles. The first-order chi connectivity index (χ1) is 9.01. The molecule has 8 heteroatoms. The van der Waals surface area contributed by atoms with Gasteiger partial charge in [-0.2, -0.15) is 0 Å². The van der Waals surface area contributed by atoms with Crippen molar-refractivity contribution < 1.29 is 24.2 Å². The van der Waals surface area contributed by atoms with Crippen molar-refractivity contribution in [3.63, 3.8) is 0 Å². The Kier molecular flexibility index (Phi) is 5.56. The maximum atomic E-state index is 11.9. The van der Waals surface area contributed by atoms with Gasteiger partial charge >= 0.3 is 12.0 Å². The summed E-state index contributed by atoms with van der Waals surface area (Å²) in [7, 11) is 2.77. The second-order valence-corrected chi connectivity index (χ2v) is 4.21. The smallest absolute Gasteiger partial charge is 0.334 e. The predicted molar refractivity (Wildman–Crippen MR) is 65.6 cm³/mol. The molecule has 1 heterocycles. The summed E-state index contributed by atoms with van der Waals surface area (Å²) in [6.45, 7) is 0.344. The molecule has 8 nitrogen and oxygen atoms in total.